The van der Waals surface area contributed by atoms with Gasteiger partial charge < -0.3 is 20.5 Å². The molecule has 2 aliphatic carbocycles. The van der Waals surface area contributed by atoms with Crippen LogP contribution in [0.4, 0.5) is 4.79 Å². The highest BCUT2D eigenvalue weighted by atomic mass is 16.5. The molecule has 1 saturated carbocycles. The lowest BCUT2D eigenvalue weighted by molar-refractivity contribution is -0.149. The molecule has 3 N–H and O–H groups in total. The van der Waals surface area contributed by atoms with Crippen molar-refractivity contribution in [2.24, 2.45) is 5.41 Å². The summed E-state index contributed by atoms with van der Waals surface area (Å²) in [6, 6.07) is 16.2. The number of carbonyl (C=O) groups excluding carboxylic acids is 2. The van der Waals surface area contributed by atoms with Gasteiger partial charge in [0.25, 0.3) is 0 Å². The maximum absolute atomic E-state index is 13.0. The number of fused-ring (bicyclic) bond motifs is 3. The third-order valence-electron chi connectivity index (χ3n) is 7.72. The Balaban J connectivity index is 1.40. The number of hydrogen-bond acceptors (Lipinski definition) is 4. The molecule has 2 amide bonds. The molecule has 2 aliphatic rings. The summed E-state index contributed by atoms with van der Waals surface area (Å²) < 4.78 is 5.62. The fourth-order valence-electron chi connectivity index (χ4n) is 5.07. The zero-order chi connectivity index (χ0) is 24.3. The van der Waals surface area contributed by atoms with E-state index in [0.29, 0.717) is 25.7 Å². The van der Waals surface area contributed by atoms with Crippen LogP contribution in [0.3, 0.4) is 0 Å². The van der Waals surface area contributed by atoms with E-state index in [1.54, 1.807) is 13.8 Å². The fraction of sp³-hybridized carbons (Fsp3) is 0.444. The van der Waals surface area contributed by atoms with Gasteiger partial charge in [-0.3, -0.25) is 9.59 Å². The lowest BCUT2D eigenvalue weighted by atomic mass is 9.75. The van der Waals surface area contributed by atoms with Gasteiger partial charge in [0.05, 0.1) is 5.41 Å². The summed E-state index contributed by atoms with van der Waals surface area (Å²) in [6.45, 7) is 3.81. The van der Waals surface area contributed by atoms with Gasteiger partial charge in [-0.05, 0) is 54.4 Å². The summed E-state index contributed by atoms with van der Waals surface area (Å²) >= 11 is 0. The van der Waals surface area contributed by atoms with Gasteiger partial charge in [0.1, 0.15) is 12.1 Å². The van der Waals surface area contributed by atoms with Crippen molar-refractivity contribution >= 4 is 18.0 Å². The highest BCUT2D eigenvalue weighted by Crippen LogP contribution is 2.44. The highest BCUT2D eigenvalue weighted by Gasteiger charge is 2.47. The van der Waals surface area contributed by atoms with Crippen LogP contribution in [0.15, 0.2) is 48.5 Å². The summed E-state index contributed by atoms with van der Waals surface area (Å²) in [4.78, 5) is 37.5. The SMILES string of the molecule is CCC(CC)(CNC(=O)C1(NC(=O)OCC2c3ccccc3-c3ccccc32)CCC1)C(=O)O. The number of hydrogen-bond donors (Lipinski definition) is 3. The molecule has 7 heteroatoms. The number of carboxylic acids is 1. The fourth-order valence-corrected chi connectivity index (χ4v) is 5.07. The molecule has 2 aromatic carbocycles. The molecule has 0 unspecified atom stereocenters. The van der Waals surface area contributed by atoms with Gasteiger partial charge in [-0.15, -0.1) is 0 Å². The Kier molecular flexibility index (Phi) is 6.64. The topological polar surface area (TPSA) is 105 Å². The van der Waals surface area contributed by atoms with Gasteiger partial charge in [0, 0.05) is 12.5 Å². The summed E-state index contributed by atoms with van der Waals surface area (Å²) in [6.07, 6.45) is 2.00. The molecule has 180 valence electrons. The Hall–Kier alpha value is -3.35. The largest absolute Gasteiger partial charge is 0.481 e. The Morgan fingerprint density at radius 3 is 2.03 bits per heavy atom. The first kappa shape index (κ1) is 23.8. The molecule has 0 atom stereocenters. The van der Waals surface area contributed by atoms with Crippen LogP contribution in [0.5, 0.6) is 0 Å². The molecule has 0 saturated heterocycles. The van der Waals surface area contributed by atoms with E-state index in [4.69, 9.17) is 4.74 Å². The molecule has 0 radical (unpaired) electrons. The molecule has 0 aromatic heterocycles. The number of carboxylic acid groups (broad SMARTS) is 1. The molecular weight excluding hydrogens is 432 g/mol. The second kappa shape index (κ2) is 9.49. The van der Waals surface area contributed by atoms with Crippen LogP contribution in [0.25, 0.3) is 11.1 Å². The molecule has 1 fully saturated rings. The summed E-state index contributed by atoms with van der Waals surface area (Å²) in [5.41, 5.74) is 2.48. The first-order chi connectivity index (χ1) is 16.4. The zero-order valence-electron chi connectivity index (χ0n) is 19.7. The number of rotatable bonds is 9. The molecule has 2 aromatic rings. The Labute approximate surface area is 199 Å². The summed E-state index contributed by atoms with van der Waals surface area (Å²) in [7, 11) is 0. The number of carbonyl (C=O) groups is 3. The number of amides is 2. The van der Waals surface area contributed by atoms with E-state index < -0.39 is 23.0 Å². The first-order valence-electron chi connectivity index (χ1n) is 12.0. The molecule has 34 heavy (non-hydrogen) atoms. The maximum Gasteiger partial charge on any atom is 0.408 e. The van der Waals surface area contributed by atoms with Crippen LogP contribution in [-0.2, 0) is 14.3 Å². The van der Waals surface area contributed by atoms with Crippen LogP contribution in [-0.4, -0.2) is 41.8 Å². The van der Waals surface area contributed by atoms with Gasteiger partial charge in [-0.2, -0.15) is 0 Å². The van der Waals surface area contributed by atoms with Crippen molar-refractivity contribution in [1.29, 1.82) is 0 Å². The van der Waals surface area contributed by atoms with Gasteiger partial charge in [0.15, 0.2) is 0 Å². The van der Waals surface area contributed by atoms with E-state index in [1.807, 2.05) is 24.3 Å². The second-order valence-electron chi connectivity index (χ2n) is 9.36. The quantitative estimate of drug-likeness (QED) is 0.508. The van der Waals surface area contributed by atoms with Crippen molar-refractivity contribution < 1.29 is 24.2 Å². The molecule has 0 bridgehead atoms. The van der Waals surface area contributed by atoms with Crippen molar-refractivity contribution in [2.75, 3.05) is 13.2 Å². The van der Waals surface area contributed by atoms with Crippen LogP contribution in [0.2, 0.25) is 0 Å². The van der Waals surface area contributed by atoms with Crippen molar-refractivity contribution in [3.63, 3.8) is 0 Å². The second-order valence-corrected chi connectivity index (χ2v) is 9.36. The van der Waals surface area contributed by atoms with Crippen molar-refractivity contribution in [3.8, 4) is 11.1 Å². The zero-order valence-corrected chi connectivity index (χ0v) is 19.7. The number of benzene rings is 2. The Morgan fingerprint density at radius 2 is 1.56 bits per heavy atom. The van der Waals surface area contributed by atoms with E-state index >= 15 is 0 Å². The lowest BCUT2D eigenvalue weighted by Gasteiger charge is -2.41. The van der Waals surface area contributed by atoms with Crippen molar-refractivity contribution in [2.45, 2.75) is 57.4 Å². The van der Waals surface area contributed by atoms with Crippen LogP contribution < -0.4 is 10.6 Å². The van der Waals surface area contributed by atoms with Gasteiger partial charge in [-0.25, -0.2) is 4.79 Å². The Morgan fingerprint density at radius 1 is 1.00 bits per heavy atom. The number of aliphatic carboxylic acids is 1. The third kappa shape index (κ3) is 4.15. The van der Waals surface area contributed by atoms with Crippen LogP contribution >= 0.6 is 0 Å². The standard InChI is InChI=1S/C27H32N2O5/c1-3-26(4-2,24(31)32)17-28-23(30)27(14-9-15-27)29-25(33)34-16-22-20-12-7-5-10-18(20)19-11-6-8-13-21(19)22/h5-8,10-13,22H,3-4,9,14-17H2,1-2H3,(H,28,30)(H,29,33)(H,31,32). The van der Waals surface area contributed by atoms with Gasteiger partial charge >= 0.3 is 12.1 Å². The maximum atomic E-state index is 13.0. The number of ether oxygens (including phenoxy) is 1. The minimum absolute atomic E-state index is 0.0300. The first-order valence-corrected chi connectivity index (χ1v) is 12.0. The molecule has 0 aliphatic heterocycles. The minimum atomic E-state index is -1.05. The van der Waals surface area contributed by atoms with E-state index in [9.17, 15) is 19.5 Å². The number of nitrogens with one attached hydrogen (secondary N) is 2. The monoisotopic (exact) mass is 464 g/mol. The van der Waals surface area contributed by atoms with E-state index in [-0.39, 0.29) is 25.0 Å². The van der Waals surface area contributed by atoms with E-state index in [2.05, 4.69) is 34.9 Å². The third-order valence-corrected chi connectivity index (χ3v) is 7.72. The highest BCUT2D eigenvalue weighted by molar-refractivity contribution is 5.91. The summed E-state index contributed by atoms with van der Waals surface area (Å²) in [5.74, 6) is -1.33. The van der Waals surface area contributed by atoms with Crippen LogP contribution in [0.1, 0.15) is 63.0 Å². The van der Waals surface area contributed by atoms with Crippen LogP contribution in [0, 0.1) is 5.41 Å². The molecule has 7 nitrogen and oxygen atoms in total. The Bertz CT molecular complexity index is 1040. The summed E-state index contributed by atoms with van der Waals surface area (Å²) in [5, 5.41) is 15.2. The van der Waals surface area contributed by atoms with Gasteiger partial charge in [0.2, 0.25) is 5.91 Å². The molecule has 0 spiro atoms. The lowest BCUT2D eigenvalue weighted by Crippen LogP contribution is -2.64. The van der Waals surface area contributed by atoms with Crippen molar-refractivity contribution in [1.82, 2.24) is 10.6 Å². The van der Waals surface area contributed by atoms with Gasteiger partial charge in [-0.1, -0.05) is 62.4 Å². The average Bonchev–Trinajstić information content (AvgIpc) is 3.14. The predicted molar refractivity (Wildman–Crippen MR) is 128 cm³/mol. The van der Waals surface area contributed by atoms with E-state index in [0.717, 1.165) is 28.7 Å². The molecular formula is C27H32N2O5. The molecule has 4 rings (SSSR count). The molecule has 0 heterocycles. The minimum Gasteiger partial charge on any atom is -0.481 e. The average molecular weight is 465 g/mol. The normalized spacial score (nSPS) is 16.1. The van der Waals surface area contributed by atoms with E-state index in [1.165, 1.54) is 0 Å². The number of alkyl carbamates (subject to hydrolysis) is 1. The van der Waals surface area contributed by atoms with Crippen molar-refractivity contribution in [3.05, 3.63) is 59.7 Å². The smallest absolute Gasteiger partial charge is 0.408 e. The predicted octanol–water partition coefficient (Wildman–Crippen LogP) is 4.46.